The van der Waals surface area contributed by atoms with Crippen molar-refractivity contribution in [3.8, 4) is 0 Å². The highest BCUT2D eigenvalue weighted by atomic mass is 16.2. The summed E-state index contributed by atoms with van der Waals surface area (Å²) in [5.74, 6) is -0.580. The molecule has 0 saturated carbocycles. The van der Waals surface area contributed by atoms with Crippen LogP contribution in [0.25, 0.3) is 0 Å². The summed E-state index contributed by atoms with van der Waals surface area (Å²) in [4.78, 5) is 29.2. The number of hydrogen-bond acceptors (Lipinski definition) is 5. The molecule has 2 aliphatic rings. The van der Waals surface area contributed by atoms with Gasteiger partial charge >= 0.3 is 0 Å². The van der Waals surface area contributed by atoms with Crippen molar-refractivity contribution >= 4 is 23.2 Å². The summed E-state index contributed by atoms with van der Waals surface area (Å²) >= 11 is 0. The van der Waals surface area contributed by atoms with Crippen LogP contribution in [0.15, 0.2) is 59.7 Å². The quantitative estimate of drug-likeness (QED) is 0.822. The zero-order chi connectivity index (χ0) is 21.1. The summed E-state index contributed by atoms with van der Waals surface area (Å²) < 4.78 is 0. The van der Waals surface area contributed by atoms with Crippen molar-refractivity contribution in [2.45, 2.75) is 25.9 Å². The second-order valence-corrected chi connectivity index (χ2v) is 7.84. The molecule has 4 rings (SSSR count). The highest BCUT2D eigenvalue weighted by Gasteiger charge is 2.37. The van der Waals surface area contributed by atoms with Gasteiger partial charge in [0.2, 0.25) is 5.91 Å². The second-order valence-electron chi connectivity index (χ2n) is 7.84. The molecule has 1 unspecified atom stereocenters. The Balaban J connectivity index is 1.40. The maximum atomic E-state index is 13.1. The lowest BCUT2D eigenvalue weighted by molar-refractivity contribution is -0.125. The van der Waals surface area contributed by atoms with Crippen molar-refractivity contribution < 1.29 is 9.59 Å². The highest BCUT2D eigenvalue weighted by molar-refractivity contribution is 6.40. The number of nitrogens with two attached hydrogens (primary N) is 1. The van der Waals surface area contributed by atoms with Crippen molar-refractivity contribution in [3.63, 3.8) is 0 Å². The van der Waals surface area contributed by atoms with E-state index in [0.29, 0.717) is 18.8 Å². The molecule has 0 spiro atoms. The van der Waals surface area contributed by atoms with Crippen LogP contribution in [0.5, 0.6) is 0 Å². The number of para-hydroxylation sites is 1. The Kier molecular flexibility index (Phi) is 5.81. The third-order valence-corrected chi connectivity index (χ3v) is 5.82. The van der Waals surface area contributed by atoms with Gasteiger partial charge in [0, 0.05) is 39.1 Å². The van der Waals surface area contributed by atoms with Crippen molar-refractivity contribution in [2.75, 3.05) is 31.2 Å². The third kappa shape index (κ3) is 4.21. The lowest BCUT2D eigenvalue weighted by atomic mass is 10.1. The minimum atomic E-state index is -0.631. The van der Waals surface area contributed by atoms with Crippen LogP contribution in [0.4, 0.5) is 5.69 Å². The van der Waals surface area contributed by atoms with Gasteiger partial charge in [-0.3, -0.25) is 19.5 Å². The topological polar surface area (TPSA) is 82.2 Å². The van der Waals surface area contributed by atoms with Gasteiger partial charge in [0.1, 0.15) is 11.8 Å². The molecule has 2 heterocycles. The standard InChI is InChI=1S/C23H27N5O2/c1-17-7-5-6-8-18(17)16-26-11-13-27(14-12-26)23(30)20-15-21(22(24)29)28(25-20)19-9-3-2-4-10-19/h2-10,21H,11-16H2,1H3,(H2,24,29). The van der Waals surface area contributed by atoms with Crippen LogP contribution in [0.2, 0.25) is 0 Å². The van der Waals surface area contributed by atoms with Crippen molar-refractivity contribution in [2.24, 2.45) is 10.8 Å². The first-order chi connectivity index (χ1) is 14.5. The number of piperazine rings is 1. The minimum Gasteiger partial charge on any atom is -0.368 e. The van der Waals surface area contributed by atoms with Crippen LogP contribution in [0, 0.1) is 6.92 Å². The van der Waals surface area contributed by atoms with Crippen LogP contribution < -0.4 is 10.7 Å². The lowest BCUT2D eigenvalue weighted by Crippen LogP contribution is -2.50. The van der Waals surface area contributed by atoms with E-state index >= 15 is 0 Å². The molecule has 0 radical (unpaired) electrons. The highest BCUT2D eigenvalue weighted by Crippen LogP contribution is 2.25. The Morgan fingerprint density at radius 1 is 1.00 bits per heavy atom. The van der Waals surface area contributed by atoms with Gasteiger partial charge in [-0.15, -0.1) is 0 Å². The molecule has 0 aromatic heterocycles. The Bertz CT molecular complexity index is 951. The number of aryl methyl sites for hydroxylation is 1. The number of nitrogens with zero attached hydrogens (tertiary/aromatic N) is 4. The molecule has 2 aliphatic heterocycles. The van der Waals surface area contributed by atoms with Gasteiger partial charge in [-0.1, -0.05) is 42.5 Å². The van der Waals surface area contributed by atoms with Gasteiger partial charge < -0.3 is 10.6 Å². The van der Waals surface area contributed by atoms with E-state index in [1.807, 2.05) is 35.2 Å². The van der Waals surface area contributed by atoms with E-state index in [-0.39, 0.29) is 12.3 Å². The summed E-state index contributed by atoms with van der Waals surface area (Å²) in [6, 6.07) is 17.1. The Hall–Kier alpha value is -3.19. The summed E-state index contributed by atoms with van der Waals surface area (Å²) in [6.45, 7) is 5.94. The number of benzene rings is 2. The first-order valence-electron chi connectivity index (χ1n) is 10.3. The van der Waals surface area contributed by atoms with E-state index in [1.54, 1.807) is 5.01 Å². The van der Waals surface area contributed by atoms with Gasteiger partial charge in [-0.25, -0.2) is 0 Å². The summed E-state index contributed by atoms with van der Waals surface area (Å²) in [6.07, 6.45) is 0.243. The maximum Gasteiger partial charge on any atom is 0.270 e. The van der Waals surface area contributed by atoms with Crippen molar-refractivity contribution in [3.05, 3.63) is 65.7 Å². The number of carbonyl (C=O) groups is 2. The van der Waals surface area contributed by atoms with Gasteiger partial charge in [0.05, 0.1) is 5.69 Å². The molecule has 156 valence electrons. The second kappa shape index (κ2) is 8.67. The third-order valence-electron chi connectivity index (χ3n) is 5.82. The molecule has 2 N–H and O–H groups in total. The minimum absolute atomic E-state index is 0.102. The molecule has 1 fully saturated rings. The van der Waals surface area contributed by atoms with E-state index in [4.69, 9.17) is 5.73 Å². The molecular weight excluding hydrogens is 378 g/mol. The number of hydrogen-bond donors (Lipinski definition) is 1. The number of amides is 2. The van der Waals surface area contributed by atoms with E-state index in [0.717, 1.165) is 25.3 Å². The zero-order valence-electron chi connectivity index (χ0n) is 17.2. The molecule has 30 heavy (non-hydrogen) atoms. The fourth-order valence-corrected chi connectivity index (χ4v) is 4.00. The van der Waals surface area contributed by atoms with Crippen LogP contribution in [-0.4, -0.2) is 59.5 Å². The lowest BCUT2D eigenvalue weighted by Gasteiger charge is -2.34. The summed E-state index contributed by atoms with van der Waals surface area (Å²) in [7, 11) is 0. The number of anilines is 1. The number of rotatable bonds is 5. The average molecular weight is 406 g/mol. The molecule has 2 aromatic rings. The zero-order valence-corrected chi connectivity index (χ0v) is 17.2. The summed E-state index contributed by atoms with van der Waals surface area (Å²) in [5.41, 5.74) is 9.35. The SMILES string of the molecule is Cc1ccccc1CN1CCN(C(=O)C2=NN(c3ccccc3)C(C(N)=O)C2)CC1. The molecule has 1 saturated heterocycles. The number of hydrazone groups is 1. The Morgan fingerprint density at radius 2 is 1.67 bits per heavy atom. The molecule has 1 atom stereocenters. The summed E-state index contributed by atoms with van der Waals surface area (Å²) in [5, 5.41) is 6.05. The molecule has 0 aliphatic carbocycles. The predicted molar refractivity (Wildman–Crippen MR) is 117 cm³/mol. The van der Waals surface area contributed by atoms with Crippen LogP contribution in [0.3, 0.4) is 0 Å². The average Bonchev–Trinajstić information content (AvgIpc) is 3.22. The molecule has 7 heteroatoms. The molecule has 7 nitrogen and oxygen atoms in total. The van der Waals surface area contributed by atoms with Crippen LogP contribution in [-0.2, 0) is 16.1 Å². The smallest absolute Gasteiger partial charge is 0.270 e. The van der Waals surface area contributed by atoms with E-state index in [2.05, 4.69) is 41.2 Å². The van der Waals surface area contributed by atoms with Crippen LogP contribution >= 0.6 is 0 Å². The Labute approximate surface area is 176 Å². The fourth-order valence-electron chi connectivity index (χ4n) is 4.00. The first kappa shape index (κ1) is 20.1. The van der Waals surface area contributed by atoms with Crippen molar-refractivity contribution in [1.29, 1.82) is 0 Å². The monoisotopic (exact) mass is 405 g/mol. The van der Waals surface area contributed by atoms with Gasteiger partial charge in [0.15, 0.2) is 0 Å². The van der Waals surface area contributed by atoms with Gasteiger partial charge in [-0.05, 0) is 30.2 Å². The van der Waals surface area contributed by atoms with E-state index in [9.17, 15) is 9.59 Å². The van der Waals surface area contributed by atoms with Gasteiger partial charge in [-0.2, -0.15) is 5.10 Å². The predicted octanol–water partition coefficient (Wildman–Crippen LogP) is 1.76. The maximum absolute atomic E-state index is 13.1. The fraction of sp³-hybridized carbons (Fsp3) is 0.348. The largest absolute Gasteiger partial charge is 0.368 e. The van der Waals surface area contributed by atoms with E-state index in [1.165, 1.54) is 11.1 Å². The molecular formula is C23H27N5O2. The van der Waals surface area contributed by atoms with Gasteiger partial charge in [0.25, 0.3) is 5.91 Å². The van der Waals surface area contributed by atoms with E-state index < -0.39 is 11.9 Å². The van der Waals surface area contributed by atoms with Crippen LogP contribution in [0.1, 0.15) is 17.5 Å². The Morgan fingerprint density at radius 3 is 2.33 bits per heavy atom. The molecule has 2 amide bonds. The number of carbonyl (C=O) groups excluding carboxylic acids is 2. The molecule has 2 aromatic carbocycles. The first-order valence-corrected chi connectivity index (χ1v) is 10.3. The number of primary amides is 1. The molecule has 0 bridgehead atoms. The normalized spacial score (nSPS) is 19.6. The van der Waals surface area contributed by atoms with Crippen molar-refractivity contribution in [1.82, 2.24) is 9.80 Å².